The predicted octanol–water partition coefficient (Wildman–Crippen LogP) is -0.800. The van der Waals surface area contributed by atoms with Crippen LogP contribution in [0.5, 0.6) is 0 Å². The van der Waals surface area contributed by atoms with Crippen LogP contribution in [0.2, 0.25) is 0 Å². The number of aryl methyl sites for hydroxylation is 1. The van der Waals surface area contributed by atoms with Crippen LogP contribution in [0.3, 0.4) is 0 Å². The Bertz CT molecular complexity index is 592. The average molecular weight is 315 g/mol. The van der Waals surface area contributed by atoms with Crippen molar-refractivity contribution in [2.45, 2.75) is 37.3 Å². The molecular formula is C12H21N5O3S. The monoisotopic (exact) mass is 315 g/mol. The van der Waals surface area contributed by atoms with Crippen LogP contribution < -0.4 is 11.1 Å². The van der Waals surface area contributed by atoms with Crippen LogP contribution in [-0.2, 0) is 21.2 Å². The number of H-pyrrole nitrogens is 1. The largest absolute Gasteiger partial charge is 0.369 e. The second kappa shape index (κ2) is 6.54. The molecule has 2 heterocycles. The van der Waals surface area contributed by atoms with Gasteiger partial charge in [-0.25, -0.2) is 13.4 Å². The number of amides is 1. The molecule has 1 aromatic heterocycles. The zero-order chi connectivity index (χ0) is 15.5. The molecule has 9 heteroatoms. The number of aromatic nitrogens is 2. The number of hydrogen-bond acceptors (Lipinski definition) is 5. The quantitative estimate of drug-likeness (QED) is 0.634. The zero-order valence-electron chi connectivity index (χ0n) is 12.0. The first kappa shape index (κ1) is 15.9. The Morgan fingerprint density at radius 3 is 2.67 bits per heavy atom. The molecule has 0 aromatic carbocycles. The maximum Gasteiger partial charge on any atom is 0.260 e. The van der Waals surface area contributed by atoms with E-state index in [0.717, 1.165) is 13.1 Å². The van der Waals surface area contributed by atoms with Crippen LogP contribution in [0, 0.1) is 0 Å². The maximum atomic E-state index is 12.7. The van der Waals surface area contributed by atoms with Crippen LogP contribution in [0.15, 0.2) is 11.2 Å². The predicted molar refractivity (Wildman–Crippen MR) is 76.9 cm³/mol. The van der Waals surface area contributed by atoms with Gasteiger partial charge in [-0.1, -0.05) is 6.92 Å². The third-order valence-electron chi connectivity index (χ3n) is 3.55. The number of imidazole rings is 1. The van der Waals surface area contributed by atoms with Crippen molar-refractivity contribution in [1.29, 1.82) is 0 Å². The smallest absolute Gasteiger partial charge is 0.260 e. The summed E-state index contributed by atoms with van der Waals surface area (Å²) in [6, 6.07) is -0.225. The van der Waals surface area contributed by atoms with Gasteiger partial charge >= 0.3 is 0 Å². The Kier molecular flexibility index (Phi) is 4.96. The molecule has 2 rings (SSSR count). The zero-order valence-corrected chi connectivity index (χ0v) is 12.8. The number of aromatic amines is 1. The highest BCUT2D eigenvalue weighted by molar-refractivity contribution is 7.89. The third-order valence-corrected chi connectivity index (χ3v) is 5.36. The van der Waals surface area contributed by atoms with E-state index in [0.29, 0.717) is 25.1 Å². The second-order valence-corrected chi connectivity index (χ2v) is 6.90. The summed E-state index contributed by atoms with van der Waals surface area (Å²) in [5.74, 6) is -0.0646. The lowest BCUT2D eigenvalue weighted by Gasteiger charge is -2.32. The van der Waals surface area contributed by atoms with Crippen molar-refractivity contribution in [2.75, 3.05) is 19.6 Å². The molecule has 1 aliphatic heterocycles. The molecule has 0 saturated carbocycles. The number of nitrogens with one attached hydrogen (secondary N) is 2. The lowest BCUT2D eigenvalue weighted by molar-refractivity contribution is -0.118. The molecule has 1 aliphatic rings. The van der Waals surface area contributed by atoms with E-state index in [4.69, 9.17) is 5.73 Å². The van der Waals surface area contributed by atoms with Crippen molar-refractivity contribution in [2.24, 2.45) is 5.73 Å². The highest BCUT2D eigenvalue weighted by Gasteiger charge is 2.34. The number of rotatable bonds is 6. The normalized spacial score (nSPS) is 17.2. The second-order valence-electron chi connectivity index (χ2n) is 5.05. The highest BCUT2D eigenvalue weighted by Crippen LogP contribution is 2.21. The summed E-state index contributed by atoms with van der Waals surface area (Å²) in [7, 11) is -3.80. The van der Waals surface area contributed by atoms with E-state index in [-0.39, 0.29) is 17.6 Å². The number of piperidine rings is 1. The van der Waals surface area contributed by atoms with E-state index in [1.165, 1.54) is 10.5 Å². The molecule has 118 valence electrons. The third kappa shape index (κ3) is 3.60. The minimum absolute atomic E-state index is 0.0131. The topological polar surface area (TPSA) is 121 Å². The first-order chi connectivity index (χ1) is 9.95. The van der Waals surface area contributed by atoms with Gasteiger partial charge in [0.05, 0.1) is 12.7 Å². The first-order valence-electron chi connectivity index (χ1n) is 7.00. The summed E-state index contributed by atoms with van der Waals surface area (Å²) < 4.78 is 26.6. The highest BCUT2D eigenvalue weighted by atomic mass is 32.2. The van der Waals surface area contributed by atoms with Gasteiger partial charge in [0.25, 0.3) is 10.0 Å². The summed E-state index contributed by atoms with van der Waals surface area (Å²) in [5, 5.41) is 3.18. The Morgan fingerprint density at radius 2 is 2.14 bits per heavy atom. The number of carbonyl (C=O) groups is 1. The minimum Gasteiger partial charge on any atom is -0.369 e. The van der Waals surface area contributed by atoms with Gasteiger partial charge in [-0.2, -0.15) is 4.31 Å². The molecule has 1 saturated heterocycles. The van der Waals surface area contributed by atoms with E-state index in [2.05, 4.69) is 15.3 Å². The van der Waals surface area contributed by atoms with Crippen LogP contribution in [0.1, 0.15) is 25.6 Å². The molecule has 1 aromatic rings. The fraction of sp³-hybridized carbons (Fsp3) is 0.667. The van der Waals surface area contributed by atoms with Crippen molar-refractivity contribution in [3.63, 3.8) is 0 Å². The van der Waals surface area contributed by atoms with Crippen molar-refractivity contribution in [3.8, 4) is 0 Å². The summed E-state index contributed by atoms with van der Waals surface area (Å²) in [6.07, 6.45) is 3.21. The molecule has 0 unspecified atom stereocenters. The van der Waals surface area contributed by atoms with Gasteiger partial charge in [0.15, 0.2) is 5.03 Å². The molecule has 1 fully saturated rings. The number of primary amides is 1. The first-order valence-corrected chi connectivity index (χ1v) is 8.44. The van der Waals surface area contributed by atoms with Crippen LogP contribution in [0.25, 0.3) is 0 Å². The van der Waals surface area contributed by atoms with Gasteiger partial charge in [-0.05, 0) is 25.9 Å². The number of nitrogens with two attached hydrogens (primary N) is 1. The van der Waals surface area contributed by atoms with Gasteiger partial charge in [-0.15, -0.1) is 0 Å². The molecule has 21 heavy (non-hydrogen) atoms. The molecule has 0 bridgehead atoms. The van der Waals surface area contributed by atoms with Crippen molar-refractivity contribution >= 4 is 15.9 Å². The Hall–Kier alpha value is -1.45. The number of nitrogens with zero attached hydrogens (tertiary/aromatic N) is 2. The summed E-state index contributed by atoms with van der Waals surface area (Å²) in [5.41, 5.74) is 5.22. The van der Waals surface area contributed by atoms with E-state index in [1.807, 2.05) is 6.92 Å². The standard InChI is InChI=1S/C12H21N5O3S/c1-2-11-15-7-12(16-11)21(19,20)17(8-10(13)18)9-3-5-14-6-4-9/h7,9,14H,2-6,8H2,1H3,(H2,13,18)(H,15,16). The van der Waals surface area contributed by atoms with Gasteiger partial charge in [0, 0.05) is 12.5 Å². The fourth-order valence-corrected chi connectivity index (χ4v) is 4.02. The molecule has 8 nitrogen and oxygen atoms in total. The van der Waals surface area contributed by atoms with E-state index in [9.17, 15) is 13.2 Å². The van der Waals surface area contributed by atoms with E-state index < -0.39 is 15.9 Å². The molecule has 0 atom stereocenters. The van der Waals surface area contributed by atoms with Gasteiger partial charge in [-0.3, -0.25) is 4.79 Å². The SMILES string of the molecule is CCc1ncc(S(=O)(=O)N(CC(N)=O)C2CCNCC2)[nH]1. The molecular weight excluding hydrogens is 294 g/mol. The molecule has 1 amide bonds. The average Bonchev–Trinajstić information content (AvgIpc) is 2.95. The molecule has 0 aliphatic carbocycles. The lowest BCUT2D eigenvalue weighted by Crippen LogP contribution is -2.49. The number of carbonyl (C=O) groups excluding carboxylic acids is 1. The Labute approximate surface area is 124 Å². The Morgan fingerprint density at radius 1 is 1.48 bits per heavy atom. The summed E-state index contributed by atoms with van der Waals surface area (Å²) >= 11 is 0. The van der Waals surface area contributed by atoms with Crippen LogP contribution in [0.4, 0.5) is 0 Å². The molecule has 4 N–H and O–H groups in total. The lowest BCUT2D eigenvalue weighted by atomic mass is 10.1. The van der Waals surface area contributed by atoms with E-state index in [1.54, 1.807) is 0 Å². The molecule has 0 radical (unpaired) electrons. The van der Waals surface area contributed by atoms with Gasteiger partial charge in [0.2, 0.25) is 5.91 Å². The number of sulfonamides is 1. The summed E-state index contributed by atoms with van der Waals surface area (Å²) in [4.78, 5) is 18.1. The van der Waals surface area contributed by atoms with E-state index >= 15 is 0 Å². The fourth-order valence-electron chi connectivity index (χ4n) is 2.44. The van der Waals surface area contributed by atoms with Crippen molar-refractivity contribution < 1.29 is 13.2 Å². The van der Waals surface area contributed by atoms with Crippen LogP contribution in [-0.4, -0.2) is 54.3 Å². The minimum atomic E-state index is -3.80. The summed E-state index contributed by atoms with van der Waals surface area (Å²) in [6.45, 7) is 3.01. The number of hydrogen-bond donors (Lipinski definition) is 3. The Balaban J connectivity index is 2.31. The van der Waals surface area contributed by atoms with Crippen molar-refractivity contribution in [1.82, 2.24) is 19.6 Å². The molecule has 0 spiro atoms. The van der Waals surface area contributed by atoms with Gasteiger partial charge < -0.3 is 16.0 Å². The van der Waals surface area contributed by atoms with Crippen LogP contribution >= 0.6 is 0 Å². The van der Waals surface area contributed by atoms with Gasteiger partial charge in [0.1, 0.15) is 5.82 Å². The van der Waals surface area contributed by atoms with Crippen molar-refractivity contribution in [3.05, 3.63) is 12.0 Å². The maximum absolute atomic E-state index is 12.7.